The van der Waals surface area contributed by atoms with E-state index < -0.39 is 9.84 Å². The fourth-order valence-corrected chi connectivity index (χ4v) is 4.96. The summed E-state index contributed by atoms with van der Waals surface area (Å²) < 4.78 is 31.4. The molecule has 0 atom stereocenters. The number of ether oxygens (including phenoxy) is 1. The third-order valence-electron chi connectivity index (χ3n) is 4.70. The summed E-state index contributed by atoms with van der Waals surface area (Å²) in [7, 11) is 0.574. The van der Waals surface area contributed by atoms with Crippen molar-refractivity contribution in [3.63, 3.8) is 0 Å². The number of hydrogen-bond donors (Lipinski definition) is 0. The first-order valence-electron chi connectivity index (χ1n) is 9.98. The van der Waals surface area contributed by atoms with Gasteiger partial charge in [-0.2, -0.15) is 5.10 Å². The number of benzene rings is 1. The molecule has 31 heavy (non-hydrogen) atoms. The van der Waals surface area contributed by atoms with Gasteiger partial charge in [-0.05, 0) is 56.9 Å². The van der Waals surface area contributed by atoms with Crippen LogP contribution in [0, 0.1) is 6.92 Å². The molecule has 0 saturated heterocycles. The Labute approximate surface area is 187 Å². The van der Waals surface area contributed by atoms with Gasteiger partial charge in [0.1, 0.15) is 13.2 Å². The summed E-state index contributed by atoms with van der Waals surface area (Å²) in [5.41, 5.74) is 2.48. The van der Waals surface area contributed by atoms with E-state index in [9.17, 15) is 13.2 Å². The smallest absolute Gasteiger partial charge is 0.327 e. The maximum Gasteiger partial charge on any atom is 0.327 e. The lowest BCUT2D eigenvalue weighted by Crippen LogP contribution is -2.22. The molecule has 0 spiro atoms. The van der Waals surface area contributed by atoms with E-state index in [4.69, 9.17) is 4.74 Å². The highest BCUT2D eigenvalue weighted by Crippen LogP contribution is 2.35. The number of hydrogen-bond acceptors (Lipinski definition) is 7. The van der Waals surface area contributed by atoms with Gasteiger partial charge in [-0.15, -0.1) is 11.3 Å². The van der Waals surface area contributed by atoms with E-state index in [1.54, 1.807) is 29.8 Å². The second-order valence-corrected chi connectivity index (χ2v) is 10.8. The molecule has 0 amide bonds. The Morgan fingerprint density at radius 1 is 1.16 bits per heavy atom. The third-order valence-corrected chi connectivity index (χ3v) is 7.59. The first-order valence-corrected chi connectivity index (χ1v) is 12.4. The predicted molar refractivity (Wildman–Crippen MR) is 123 cm³/mol. The van der Waals surface area contributed by atoms with Gasteiger partial charge in [0, 0.05) is 11.4 Å². The second-order valence-electron chi connectivity index (χ2n) is 7.45. The molecular weight excluding hydrogens is 434 g/mol. The van der Waals surface area contributed by atoms with E-state index in [-0.39, 0.29) is 18.3 Å². The van der Waals surface area contributed by atoms with Crippen molar-refractivity contribution in [3.8, 4) is 21.0 Å². The third kappa shape index (κ3) is 5.81. The highest BCUT2D eigenvalue weighted by Gasteiger charge is 2.16. The molecule has 0 radical (unpaired) electrons. The molecule has 0 N–H and O–H groups in total. The largest absolute Gasteiger partial charge is 0.463 e. The van der Waals surface area contributed by atoms with Crippen LogP contribution in [0.15, 0.2) is 47.4 Å². The Morgan fingerprint density at radius 3 is 2.61 bits per heavy atom. The molecule has 0 unspecified atom stereocenters. The first kappa shape index (κ1) is 23.2. The number of carbonyl (C=O) groups excluding carboxylic acids is 1. The summed E-state index contributed by atoms with van der Waals surface area (Å²) in [5.74, 6) is -0.268. The Balaban J connectivity index is 1.82. The van der Waals surface area contributed by atoms with Gasteiger partial charge < -0.3 is 9.64 Å². The number of esters is 1. The highest BCUT2D eigenvalue weighted by atomic mass is 32.2. The Bertz CT molecular complexity index is 1160. The zero-order chi connectivity index (χ0) is 22.6. The number of carbonyl (C=O) groups is 1. The van der Waals surface area contributed by atoms with Crippen molar-refractivity contribution in [3.05, 3.63) is 48.2 Å². The highest BCUT2D eigenvalue weighted by molar-refractivity contribution is 7.91. The van der Waals surface area contributed by atoms with Gasteiger partial charge in [0.15, 0.2) is 9.84 Å². The SMILES string of the molecule is CCS(=O)(=O)c1cccc(-c2ccc(-c3cc(C)nn3CC(=O)OCCN(C)C)s2)c1. The summed E-state index contributed by atoms with van der Waals surface area (Å²) in [6, 6.07) is 12.8. The standard InChI is InChI=1S/C22H27N3O4S2/c1-5-31(27,28)18-8-6-7-17(14-18)20-9-10-21(30-20)19-13-16(2)23-25(19)15-22(26)29-12-11-24(3)4/h6-10,13-14H,5,11-12,15H2,1-4H3. The predicted octanol–water partition coefficient (Wildman–Crippen LogP) is 3.49. The lowest BCUT2D eigenvalue weighted by atomic mass is 10.2. The van der Waals surface area contributed by atoms with Crippen molar-refractivity contribution >= 4 is 27.1 Å². The number of likely N-dealkylation sites (N-methyl/N-ethyl adjacent to an activating group) is 1. The van der Waals surface area contributed by atoms with Crippen LogP contribution in [-0.4, -0.2) is 62.1 Å². The van der Waals surface area contributed by atoms with Crippen LogP contribution in [0.1, 0.15) is 12.6 Å². The van der Waals surface area contributed by atoms with Crippen molar-refractivity contribution in [2.45, 2.75) is 25.3 Å². The quantitative estimate of drug-likeness (QED) is 0.454. The molecule has 0 bridgehead atoms. The molecule has 0 fully saturated rings. The Hall–Kier alpha value is -2.49. The Morgan fingerprint density at radius 2 is 1.90 bits per heavy atom. The lowest BCUT2D eigenvalue weighted by molar-refractivity contribution is -0.144. The number of thiophene rings is 1. The topological polar surface area (TPSA) is 81.5 Å². The van der Waals surface area contributed by atoms with E-state index in [0.717, 1.165) is 26.7 Å². The summed E-state index contributed by atoms with van der Waals surface area (Å²) in [5, 5.41) is 4.44. The summed E-state index contributed by atoms with van der Waals surface area (Å²) in [6.07, 6.45) is 0. The van der Waals surface area contributed by atoms with Gasteiger partial charge in [0.05, 0.1) is 26.9 Å². The van der Waals surface area contributed by atoms with E-state index in [2.05, 4.69) is 5.10 Å². The van der Waals surface area contributed by atoms with Crippen molar-refractivity contribution in [2.24, 2.45) is 0 Å². The molecule has 166 valence electrons. The van der Waals surface area contributed by atoms with Crippen LogP contribution in [0.2, 0.25) is 0 Å². The second kappa shape index (κ2) is 9.76. The number of rotatable bonds is 9. The van der Waals surface area contributed by atoms with E-state index in [1.807, 2.05) is 50.2 Å². The van der Waals surface area contributed by atoms with Gasteiger partial charge in [-0.25, -0.2) is 8.42 Å². The molecule has 0 aliphatic carbocycles. The average Bonchev–Trinajstić information content (AvgIpc) is 3.34. The molecule has 2 heterocycles. The lowest BCUT2D eigenvalue weighted by Gasteiger charge is -2.10. The normalized spacial score (nSPS) is 11.8. The first-order chi connectivity index (χ1) is 14.7. The van der Waals surface area contributed by atoms with Gasteiger partial charge in [0.2, 0.25) is 0 Å². The fourth-order valence-electron chi connectivity index (χ4n) is 3.01. The Kier molecular flexibility index (Phi) is 7.30. The number of aromatic nitrogens is 2. The van der Waals surface area contributed by atoms with Crippen molar-refractivity contribution in [1.29, 1.82) is 0 Å². The van der Waals surface area contributed by atoms with Gasteiger partial charge in [-0.3, -0.25) is 9.48 Å². The summed E-state index contributed by atoms with van der Waals surface area (Å²) in [4.78, 5) is 16.4. The molecule has 0 saturated carbocycles. The molecular formula is C22H27N3O4S2. The van der Waals surface area contributed by atoms with Gasteiger partial charge in [0.25, 0.3) is 0 Å². The van der Waals surface area contributed by atoms with Crippen LogP contribution in [0.25, 0.3) is 21.0 Å². The monoisotopic (exact) mass is 461 g/mol. The number of nitrogens with zero attached hydrogens (tertiary/aromatic N) is 3. The minimum Gasteiger partial charge on any atom is -0.463 e. The molecule has 0 aliphatic rings. The van der Waals surface area contributed by atoms with E-state index in [0.29, 0.717) is 18.0 Å². The van der Waals surface area contributed by atoms with Crippen LogP contribution in [-0.2, 0) is 25.9 Å². The average molecular weight is 462 g/mol. The molecule has 2 aromatic heterocycles. The fraction of sp³-hybridized carbons (Fsp3) is 0.364. The summed E-state index contributed by atoms with van der Waals surface area (Å²) >= 11 is 1.53. The zero-order valence-electron chi connectivity index (χ0n) is 18.2. The number of sulfone groups is 1. The van der Waals surface area contributed by atoms with Crippen LogP contribution in [0.4, 0.5) is 0 Å². The van der Waals surface area contributed by atoms with Gasteiger partial charge >= 0.3 is 5.97 Å². The molecule has 0 aliphatic heterocycles. The molecule has 7 nitrogen and oxygen atoms in total. The van der Waals surface area contributed by atoms with Crippen LogP contribution in [0.5, 0.6) is 0 Å². The molecule has 3 rings (SSSR count). The van der Waals surface area contributed by atoms with E-state index >= 15 is 0 Å². The summed E-state index contributed by atoms with van der Waals surface area (Å²) in [6.45, 7) is 4.55. The van der Waals surface area contributed by atoms with Crippen LogP contribution in [0.3, 0.4) is 0 Å². The van der Waals surface area contributed by atoms with Crippen molar-refractivity contribution in [2.75, 3.05) is 33.0 Å². The van der Waals surface area contributed by atoms with Gasteiger partial charge in [-0.1, -0.05) is 19.1 Å². The maximum absolute atomic E-state index is 12.2. The number of aryl methyl sites for hydroxylation is 1. The van der Waals surface area contributed by atoms with Crippen molar-refractivity contribution in [1.82, 2.24) is 14.7 Å². The zero-order valence-corrected chi connectivity index (χ0v) is 19.8. The maximum atomic E-state index is 12.2. The van der Waals surface area contributed by atoms with Crippen molar-refractivity contribution < 1.29 is 17.9 Å². The minimum absolute atomic E-state index is 0.0358. The van der Waals surface area contributed by atoms with Crippen LogP contribution < -0.4 is 0 Å². The molecule has 9 heteroatoms. The minimum atomic E-state index is -3.27. The molecule has 1 aromatic carbocycles. The molecule has 3 aromatic rings. The van der Waals surface area contributed by atoms with E-state index in [1.165, 1.54) is 11.3 Å². The van der Waals surface area contributed by atoms with Crippen LogP contribution >= 0.6 is 11.3 Å².